The Balaban J connectivity index is 1.82. The molecule has 0 aliphatic heterocycles. The summed E-state index contributed by atoms with van der Waals surface area (Å²) in [6.45, 7) is 5.09. The molecule has 0 fully saturated rings. The van der Waals surface area contributed by atoms with Crippen LogP contribution in [0.25, 0.3) is 0 Å². The SMILES string of the molecule is CC(C)(C(=O)NCCCn1cccn1)n1cc(Br)cn1. The topological polar surface area (TPSA) is 64.7 Å². The van der Waals surface area contributed by atoms with Crippen molar-refractivity contribution in [3.8, 4) is 0 Å². The maximum Gasteiger partial charge on any atom is 0.247 e. The zero-order valence-electron chi connectivity index (χ0n) is 11.6. The number of aromatic nitrogens is 4. The molecule has 7 heteroatoms. The van der Waals surface area contributed by atoms with Crippen LogP contribution in [0.2, 0.25) is 0 Å². The van der Waals surface area contributed by atoms with Crippen LogP contribution in [0, 0.1) is 0 Å². The number of amides is 1. The van der Waals surface area contributed by atoms with Gasteiger partial charge in [-0.05, 0) is 42.3 Å². The second-order valence-electron chi connectivity index (χ2n) is 5.04. The van der Waals surface area contributed by atoms with Gasteiger partial charge < -0.3 is 5.32 Å². The van der Waals surface area contributed by atoms with Crippen molar-refractivity contribution in [1.29, 1.82) is 0 Å². The van der Waals surface area contributed by atoms with Crippen molar-refractivity contribution in [2.45, 2.75) is 32.4 Å². The van der Waals surface area contributed by atoms with Crippen LogP contribution in [0.4, 0.5) is 0 Å². The number of halogens is 1. The maximum absolute atomic E-state index is 12.2. The maximum atomic E-state index is 12.2. The normalized spacial score (nSPS) is 11.6. The summed E-state index contributed by atoms with van der Waals surface area (Å²) < 4.78 is 4.36. The highest BCUT2D eigenvalue weighted by Crippen LogP contribution is 2.17. The Bertz CT molecular complexity index is 561. The zero-order chi connectivity index (χ0) is 14.6. The number of nitrogens with one attached hydrogen (secondary N) is 1. The third-order valence-corrected chi connectivity index (χ3v) is 3.50. The van der Waals surface area contributed by atoms with E-state index in [2.05, 4.69) is 31.4 Å². The van der Waals surface area contributed by atoms with Crippen LogP contribution in [0.1, 0.15) is 20.3 Å². The molecule has 0 spiro atoms. The van der Waals surface area contributed by atoms with Gasteiger partial charge in [-0.2, -0.15) is 10.2 Å². The molecule has 2 heterocycles. The Morgan fingerprint density at radius 3 is 2.85 bits per heavy atom. The van der Waals surface area contributed by atoms with Crippen molar-refractivity contribution in [3.63, 3.8) is 0 Å². The average molecular weight is 340 g/mol. The minimum absolute atomic E-state index is 0.0476. The monoisotopic (exact) mass is 339 g/mol. The van der Waals surface area contributed by atoms with Gasteiger partial charge in [0.25, 0.3) is 0 Å². The molecule has 0 radical (unpaired) electrons. The number of aryl methyl sites for hydroxylation is 1. The molecule has 2 rings (SSSR count). The molecular weight excluding hydrogens is 322 g/mol. The minimum atomic E-state index is -0.711. The van der Waals surface area contributed by atoms with Gasteiger partial charge in [0, 0.05) is 31.7 Å². The van der Waals surface area contributed by atoms with Gasteiger partial charge >= 0.3 is 0 Å². The largest absolute Gasteiger partial charge is 0.354 e. The van der Waals surface area contributed by atoms with E-state index in [0.717, 1.165) is 17.4 Å². The molecule has 6 nitrogen and oxygen atoms in total. The Hall–Kier alpha value is -1.63. The molecule has 0 aromatic carbocycles. The summed E-state index contributed by atoms with van der Waals surface area (Å²) in [5.41, 5.74) is -0.711. The van der Waals surface area contributed by atoms with Crippen molar-refractivity contribution in [3.05, 3.63) is 35.3 Å². The summed E-state index contributed by atoms with van der Waals surface area (Å²) >= 11 is 3.33. The number of carbonyl (C=O) groups is 1. The van der Waals surface area contributed by atoms with E-state index < -0.39 is 5.54 Å². The molecule has 0 bridgehead atoms. The Labute approximate surface area is 126 Å². The van der Waals surface area contributed by atoms with Gasteiger partial charge in [0.15, 0.2) is 0 Å². The quantitative estimate of drug-likeness (QED) is 0.816. The van der Waals surface area contributed by atoms with Crippen LogP contribution in [0.3, 0.4) is 0 Å². The summed E-state index contributed by atoms with van der Waals surface area (Å²) in [7, 11) is 0. The number of nitrogens with zero attached hydrogens (tertiary/aromatic N) is 4. The minimum Gasteiger partial charge on any atom is -0.354 e. The van der Waals surface area contributed by atoms with Crippen molar-refractivity contribution in [2.75, 3.05) is 6.54 Å². The number of hydrogen-bond acceptors (Lipinski definition) is 3. The predicted molar refractivity (Wildman–Crippen MR) is 79.1 cm³/mol. The van der Waals surface area contributed by atoms with E-state index in [0.29, 0.717) is 6.54 Å². The molecule has 0 saturated heterocycles. The summed E-state index contributed by atoms with van der Waals surface area (Å²) in [6.07, 6.45) is 7.96. The second kappa shape index (κ2) is 6.21. The average Bonchev–Trinajstić information content (AvgIpc) is 3.05. The van der Waals surface area contributed by atoms with Crippen LogP contribution < -0.4 is 5.32 Å². The Kier molecular flexibility index (Phi) is 4.59. The molecule has 2 aromatic heterocycles. The smallest absolute Gasteiger partial charge is 0.247 e. The van der Waals surface area contributed by atoms with Gasteiger partial charge in [-0.25, -0.2) is 0 Å². The van der Waals surface area contributed by atoms with Crippen LogP contribution in [-0.4, -0.2) is 32.0 Å². The van der Waals surface area contributed by atoms with E-state index in [9.17, 15) is 4.79 Å². The van der Waals surface area contributed by atoms with E-state index in [-0.39, 0.29) is 5.91 Å². The van der Waals surface area contributed by atoms with Gasteiger partial charge in [-0.3, -0.25) is 14.2 Å². The lowest BCUT2D eigenvalue weighted by molar-refractivity contribution is -0.128. The third-order valence-electron chi connectivity index (χ3n) is 3.09. The van der Waals surface area contributed by atoms with Gasteiger partial charge in [0.05, 0.1) is 10.7 Å². The molecular formula is C13H18BrN5O. The molecule has 0 saturated carbocycles. The standard InChI is InChI=1S/C13H18BrN5O/c1-13(2,19-10-11(14)9-17-19)12(20)15-5-3-7-18-8-4-6-16-18/h4,6,8-10H,3,5,7H2,1-2H3,(H,15,20). The van der Waals surface area contributed by atoms with E-state index >= 15 is 0 Å². The lowest BCUT2D eigenvalue weighted by atomic mass is 10.1. The summed E-state index contributed by atoms with van der Waals surface area (Å²) in [5.74, 6) is -0.0476. The van der Waals surface area contributed by atoms with E-state index in [1.807, 2.05) is 30.8 Å². The van der Waals surface area contributed by atoms with Gasteiger partial charge in [0.1, 0.15) is 5.54 Å². The Morgan fingerprint density at radius 2 is 2.25 bits per heavy atom. The second-order valence-corrected chi connectivity index (χ2v) is 5.96. The zero-order valence-corrected chi connectivity index (χ0v) is 13.2. The first-order valence-corrected chi connectivity index (χ1v) is 7.26. The Morgan fingerprint density at radius 1 is 1.45 bits per heavy atom. The van der Waals surface area contributed by atoms with Gasteiger partial charge in [-0.1, -0.05) is 0 Å². The first kappa shape index (κ1) is 14.8. The fourth-order valence-corrected chi connectivity index (χ4v) is 2.09. The van der Waals surface area contributed by atoms with Gasteiger partial charge in [0.2, 0.25) is 5.91 Å². The highest BCUT2D eigenvalue weighted by atomic mass is 79.9. The molecule has 108 valence electrons. The highest BCUT2D eigenvalue weighted by molar-refractivity contribution is 9.10. The van der Waals surface area contributed by atoms with Crippen molar-refractivity contribution < 1.29 is 4.79 Å². The predicted octanol–water partition coefficient (Wildman–Crippen LogP) is 1.78. The highest BCUT2D eigenvalue weighted by Gasteiger charge is 2.30. The lowest BCUT2D eigenvalue weighted by Crippen LogP contribution is -2.45. The van der Waals surface area contributed by atoms with E-state index in [1.165, 1.54) is 0 Å². The van der Waals surface area contributed by atoms with E-state index in [4.69, 9.17) is 0 Å². The van der Waals surface area contributed by atoms with E-state index in [1.54, 1.807) is 23.3 Å². The number of hydrogen-bond donors (Lipinski definition) is 1. The first-order chi connectivity index (χ1) is 9.50. The fourth-order valence-electron chi connectivity index (χ4n) is 1.80. The van der Waals surface area contributed by atoms with Crippen LogP contribution in [-0.2, 0) is 16.9 Å². The van der Waals surface area contributed by atoms with Crippen molar-refractivity contribution in [2.24, 2.45) is 0 Å². The first-order valence-electron chi connectivity index (χ1n) is 6.46. The van der Waals surface area contributed by atoms with Crippen LogP contribution >= 0.6 is 15.9 Å². The van der Waals surface area contributed by atoms with Crippen molar-refractivity contribution >= 4 is 21.8 Å². The lowest BCUT2D eigenvalue weighted by Gasteiger charge is -2.24. The molecule has 20 heavy (non-hydrogen) atoms. The molecule has 0 aliphatic carbocycles. The molecule has 2 aromatic rings. The number of rotatable bonds is 6. The summed E-state index contributed by atoms with van der Waals surface area (Å²) in [5, 5.41) is 11.2. The third kappa shape index (κ3) is 3.47. The summed E-state index contributed by atoms with van der Waals surface area (Å²) in [4.78, 5) is 12.2. The van der Waals surface area contributed by atoms with Crippen molar-refractivity contribution in [1.82, 2.24) is 24.9 Å². The summed E-state index contributed by atoms with van der Waals surface area (Å²) in [6, 6.07) is 1.89. The molecule has 0 aliphatic rings. The van der Waals surface area contributed by atoms with Crippen LogP contribution in [0.5, 0.6) is 0 Å². The molecule has 1 amide bonds. The van der Waals surface area contributed by atoms with Crippen LogP contribution in [0.15, 0.2) is 35.3 Å². The number of carbonyl (C=O) groups excluding carboxylic acids is 1. The molecule has 1 N–H and O–H groups in total. The molecule has 0 unspecified atom stereocenters. The van der Waals surface area contributed by atoms with Gasteiger partial charge in [-0.15, -0.1) is 0 Å². The fraction of sp³-hybridized carbons (Fsp3) is 0.462. The molecule has 0 atom stereocenters.